The molecule has 1 aromatic rings. The smallest absolute Gasteiger partial charge is 0.265 e. The first kappa shape index (κ1) is 13.6. The zero-order valence-corrected chi connectivity index (χ0v) is 10.5. The van der Waals surface area contributed by atoms with Crippen molar-refractivity contribution in [3.63, 3.8) is 0 Å². The van der Waals surface area contributed by atoms with Gasteiger partial charge in [0.15, 0.2) is 0 Å². The minimum Gasteiger partial charge on any atom is -0.399 e. The molecule has 19 heavy (non-hydrogen) atoms. The molecule has 0 unspecified atom stereocenters. The highest BCUT2D eigenvalue weighted by Gasteiger charge is 2.22. The molecule has 0 spiro atoms. The number of carbonyl (C=O) groups is 1. The van der Waals surface area contributed by atoms with Crippen LogP contribution in [0, 0.1) is 0 Å². The van der Waals surface area contributed by atoms with Crippen molar-refractivity contribution in [3.05, 3.63) is 23.8 Å². The van der Waals surface area contributed by atoms with Crippen molar-refractivity contribution in [2.45, 2.75) is 31.7 Å². The summed E-state index contributed by atoms with van der Waals surface area (Å²) in [6, 6.07) is 4.63. The maximum Gasteiger partial charge on any atom is 0.265 e. The van der Waals surface area contributed by atoms with Gasteiger partial charge >= 0.3 is 0 Å². The van der Waals surface area contributed by atoms with Gasteiger partial charge in [0, 0.05) is 35.9 Å². The van der Waals surface area contributed by atoms with Gasteiger partial charge in [0.05, 0.1) is 0 Å². The molecule has 0 radical (unpaired) electrons. The standard InChI is InChI=1S/C13H17F2N3O/c14-13(15)10-7-8(16)1-4-11(10)17-6-5-12(19)18-9-2-3-9/h1,4,7,9,13,17H,2-3,5-6,16H2,(H,18,19). The largest absolute Gasteiger partial charge is 0.399 e. The zero-order valence-electron chi connectivity index (χ0n) is 10.5. The Morgan fingerprint density at radius 3 is 2.79 bits per heavy atom. The Balaban J connectivity index is 1.86. The van der Waals surface area contributed by atoms with Gasteiger partial charge in [0.1, 0.15) is 0 Å². The predicted molar refractivity (Wildman–Crippen MR) is 70.1 cm³/mol. The van der Waals surface area contributed by atoms with Crippen LogP contribution in [-0.2, 0) is 4.79 Å². The van der Waals surface area contributed by atoms with E-state index in [4.69, 9.17) is 5.73 Å². The third-order valence-corrected chi connectivity index (χ3v) is 2.92. The van der Waals surface area contributed by atoms with Crippen LogP contribution in [0.25, 0.3) is 0 Å². The number of nitrogen functional groups attached to an aromatic ring is 1. The molecule has 4 N–H and O–H groups in total. The highest BCUT2D eigenvalue weighted by molar-refractivity contribution is 5.77. The van der Waals surface area contributed by atoms with Crippen LogP contribution >= 0.6 is 0 Å². The summed E-state index contributed by atoms with van der Waals surface area (Å²) in [5.74, 6) is -0.0518. The first-order valence-electron chi connectivity index (χ1n) is 6.27. The average molecular weight is 269 g/mol. The Morgan fingerprint density at radius 1 is 1.42 bits per heavy atom. The number of hydrogen-bond acceptors (Lipinski definition) is 3. The van der Waals surface area contributed by atoms with E-state index < -0.39 is 6.43 Å². The summed E-state index contributed by atoms with van der Waals surface area (Å²) < 4.78 is 25.6. The van der Waals surface area contributed by atoms with Gasteiger partial charge in [-0.1, -0.05) is 0 Å². The first-order chi connectivity index (χ1) is 9.06. The summed E-state index contributed by atoms with van der Waals surface area (Å²) in [5, 5.41) is 5.69. The minimum absolute atomic E-state index is 0.0518. The van der Waals surface area contributed by atoms with Crippen molar-refractivity contribution >= 4 is 17.3 Å². The van der Waals surface area contributed by atoms with Crippen LogP contribution in [0.2, 0.25) is 0 Å². The fraction of sp³-hybridized carbons (Fsp3) is 0.462. The Labute approximate surface area is 110 Å². The van der Waals surface area contributed by atoms with Crippen molar-refractivity contribution in [1.82, 2.24) is 5.32 Å². The molecular weight excluding hydrogens is 252 g/mol. The van der Waals surface area contributed by atoms with E-state index in [1.165, 1.54) is 12.1 Å². The Morgan fingerprint density at radius 2 is 2.16 bits per heavy atom. The monoisotopic (exact) mass is 269 g/mol. The van der Waals surface area contributed by atoms with Gasteiger partial charge in [-0.2, -0.15) is 0 Å². The summed E-state index contributed by atoms with van der Waals surface area (Å²) >= 11 is 0. The molecule has 1 fully saturated rings. The van der Waals surface area contributed by atoms with Gasteiger partial charge in [-0.15, -0.1) is 0 Å². The lowest BCUT2D eigenvalue weighted by Crippen LogP contribution is -2.27. The normalized spacial score (nSPS) is 14.5. The van der Waals surface area contributed by atoms with Crippen LogP contribution in [0.15, 0.2) is 18.2 Å². The van der Waals surface area contributed by atoms with Gasteiger partial charge < -0.3 is 16.4 Å². The van der Waals surface area contributed by atoms with Gasteiger partial charge in [-0.3, -0.25) is 4.79 Å². The van der Waals surface area contributed by atoms with Crippen molar-refractivity contribution in [3.8, 4) is 0 Å². The molecular formula is C13H17F2N3O. The molecule has 1 amide bonds. The van der Waals surface area contributed by atoms with Crippen LogP contribution < -0.4 is 16.4 Å². The third-order valence-electron chi connectivity index (χ3n) is 2.92. The van der Waals surface area contributed by atoms with Crippen LogP contribution in [0.5, 0.6) is 0 Å². The predicted octanol–water partition coefficient (Wildman–Crippen LogP) is 2.29. The zero-order chi connectivity index (χ0) is 13.8. The Kier molecular flexibility index (Phi) is 4.19. The number of nitrogens with two attached hydrogens (primary N) is 1. The second-order valence-electron chi connectivity index (χ2n) is 4.67. The number of halogens is 2. The number of nitrogens with one attached hydrogen (secondary N) is 2. The van der Waals surface area contributed by atoms with E-state index in [2.05, 4.69) is 10.6 Å². The van der Waals surface area contributed by atoms with E-state index in [-0.39, 0.29) is 17.9 Å². The van der Waals surface area contributed by atoms with E-state index in [1.54, 1.807) is 6.07 Å². The second kappa shape index (κ2) is 5.86. The summed E-state index contributed by atoms with van der Waals surface area (Å²) in [6.07, 6.45) is -0.255. The highest BCUT2D eigenvalue weighted by atomic mass is 19.3. The van der Waals surface area contributed by atoms with Gasteiger partial charge in [-0.05, 0) is 31.0 Å². The molecule has 1 aliphatic carbocycles. The number of carbonyl (C=O) groups excluding carboxylic acids is 1. The molecule has 0 atom stereocenters. The molecule has 4 nitrogen and oxygen atoms in total. The van der Waals surface area contributed by atoms with E-state index in [0.717, 1.165) is 12.8 Å². The Bertz CT molecular complexity index is 461. The topological polar surface area (TPSA) is 67.1 Å². The summed E-state index contributed by atoms with van der Waals surface area (Å²) in [5.41, 5.74) is 5.96. The van der Waals surface area contributed by atoms with Crippen molar-refractivity contribution in [2.24, 2.45) is 0 Å². The van der Waals surface area contributed by atoms with Crippen LogP contribution in [0.1, 0.15) is 31.3 Å². The fourth-order valence-electron chi connectivity index (χ4n) is 1.76. The average Bonchev–Trinajstić information content (AvgIpc) is 3.14. The van der Waals surface area contributed by atoms with Crippen LogP contribution in [0.3, 0.4) is 0 Å². The van der Waals surface area contributed by atoms with Crippen LogP contribution in [0.4, 0.5) is 20.2 Å². The lowest BCUT2D eigenvalue weighted by atomic mass is 10.1. The van der Waals surface area contributed by atoms with Gasteiger partial charge in [0.2, 0.25) is 5.91 Å². The minimum atomic E-state index is -2.59. The maximum atomic E-state index is 12.8. The van der Waals surface area contributed by atoms with Gasteiger partial charge in [-0.25, -0.2) is 8.78 Å². The number of anilines is 2. The molecule has 0 aliphatic heterocycles. The number of rotatable bonds is 6. The molecule has 0 heterocycles. The van der Waals surface area contributed by atoms with Gasteiger partial charge in [0.25, 0.3) is 6.43 Å². The molecule has 2 rings (SSSR count). The number of alkyl halides is 2. The number of benzene rings is 1. The number of hydrogen-bond donors (Lipinski definition) is 3. The quantitative estimate of drug-likeness (QED) is 0.694. The van der Waals surface area contributed by atoms with Crippen molar-refractivity contribution in [2.75, 3.05) is 17.6 Å². The van der Waals surface area contributed by atoms with Crippen molar-refractivity contribution < 1.29 is 13.6 Å². The SMILES string of the molecule is Nc1ccc(NCCC(=O)NC2CC2)c(C(F)F)c1. The number of amides is 1. The first-order valence-corrected chi connectivity index (χ1v) is 6.27. The third kappa shape index (κ3) is 4.08. The van der Waals surface area contributed by atoms with E-state index >= 15 is 0 Å². The Hall–Kier alpha value is -1.85. The highest BCUT2D eigenvalue weighted by Crippen LogP contribution is 2.28. The molecule has 1 aromatic carbocycles. The summed E-state index contributed by atoms with van der Waals surface area (Å²) in [4.78, 5) is 11.4. The van der Waals surface area contributed by atoms with Crippen molar-refractivity contribution in [1.29, 1.82) is 0 Å². The molecule has 1 aliphatic rings. The lowest BCUT2D eigenvalue weighted by molar-refractivity contribution is -0.120. The summed E-state index contributed by atoms with van der Waals surface area (Å²) in [7, 11) is 0. The second-order valence-corrected chi connectivity index (χ2v) is 4.67. The summed E-state index contributed by atoms with van der Waals surface area (Å²) in [6.45, 7) is 0.322. The molecule has 6 heteroatoms. The van der Waals surface area contributed by atoms with E-state index in [1.807, 2.05) is 0 Å². The maximum absolute atomic E-state index is 12.8. The fourth-order valence-corrected chi connectivity index (χ4v) is 1.76. The lowest BCUT2D eigenvalue weighted by Gasteiger charge is -2.12. The van der Waals surface area contributed by atoms with E-state index in [0.29, 0.717) is 24.0 Å². The van der Waals surface area contributed by atoms with Crippen LogP contribution in [-0.4, -0.2) is 18.5 Å². The van der Waals surface area contributed by atoms with E-state index in [9.17, 15) is 13.6 Å². The molecule has 104 valence electrons. The molecule has 0 saturated heterocycles. The molecule has 0 bridgehead atoms. The molecule has 1 saturated carbocycles. The molecule has 0 aromatic heterocycles.